The summed E-state index contributed by atoms with van der Waals surface area (Å²) in [6.45, 7) is 6.34. The van der Waals surface area contributed by atoms with E-state index in [9.17, 15) is 4.79 Å². The maximum atomic E-state index is 13.1. The van der Waals surface area contributed by atoms with E-state index in [-0.39, 0.29) is 24.3 Å². The SMILES string of the molecule is CC1=C(C)C2NC=C(NC(=O)C3=CC=CC(N4CCCC4)N3)N2NC1c1ccccc1Cl. The minimum absolute atomic E-state index is 0.0606. The van der Waals surface area contributed by atoms with Gasteiger partial charge in [-0.05, 0) is 61.6 Å². The molecule has 0 aliphatic carbocycles. The summed E-state index contributed by atoms with van der Waals surface area (Å²) in [6.07, 6.45) is 10.2. The standard InChI is InChI=1S/C24H29ClN6O/c1-15-16(2)23-26-14-21(31(23)29-22(15)17-8-3-4-9-18(17)25)28-24(32)19-10-7-11-20(27-19)30-12-5-6-13-30/h3-4,7-11,14,20,22-23,26-27,29H,5-6,12-13H2,1-2H3,(H,28,32). The number of hydrazine groups is 1. The Labute approximate surface area is 193 Å². The van der Waals surface area contributed by atoms with E-state index in [0.717, 1.165) is 18.7 Å². The number of carbonyl (C=O) groups is 1. The predicted octanol–water partition coefficient (Wildman–Crippen LogP) is 2.85. The maximum absolute atomic E-state index is 13.1. The Bertz CT molecular complexity index is 1040. The molecule has 4 aliphatic heterocycles. The van der Waals surface area contributed by atoms with E-state index in [2.05, 4.69) is 46.2 Å². The first kappa shape index (κ1) is 21.1. The number of halogens is 1. The minimum Gasteiger partial charge on any atom is -0.364 e. The monoisotopic (exact) mass is 452 g/mol. The molecule has 4 aliphatic rings. The Morgan fingerprint density at radius 1 is 1.16 bits per heavy atom. The number of nitrogens with one attached hydrogen (secondary N) is 4. The van der Waals surface area contributed by atoms with Crippen molar-refractivity contribution in [2.24, 2.45) is 0 Å². The summed E-state index contributed by atoms with van der Waals surface area (Å²) < 4.78 is 0. The molecule has 8 heteroatoms. The fourth-order valence-electron chi connectivity index (χ4n) is 4.76. The molecule has 5 rings (SSSR count). The van der Waals surface area contributed by atoms with Crippen molar-refractivity contribution in [2.75, 3.05) is 13.1 Å². The third kappa shape index (κ3) is 3.81. The molecule has 7 nitrogen and oxygen atoms in total. The molecule has 3 atom stereocenters. The Hall–Kier alpha value is -2.74. The van der Waals surface area contributed by atoms with Crippen molar-refractivity contribution in [2.45, 2.75) is 45.1 Å². The molecule has 32 heavy (non-hydrogen) atoms. The Morgan fingerprint density at radius 2 is 1.94 bits per heavy atom. The van der Waals surface area contributed by atoms with Gasteiger partial charge in [-0.3, -0.25) is 14.7 Å². The number of nitrogens with zero attached hydrogens (tertiary/aromatic N) is 2. The van der Waals surface area contributed by atoms with Gasteiger partial charge in [0.15, 0.2) is 0 Å². The van der Waals surface area contributed by atoms with Gasteiger partial charge in [-0.25, -0.2) is 5.43 Å². The number of fused-ring (bicyclic) bond motifs is 1. The van der Waals surface area contributed by atoms with Crippen LogP contribution in [0.2, 0.25) is 5.02 Å². The summed E-state index contributed by atoms with van der Waals surface area (Å²) in [7, 11) is 0. The Morgan fingerprint density at radius 3 is 2.72 bits per heavy atom. The van der Waals surface area contributed by atoms with Gasteiger partial charge in [0.25, 0.3) is 5.91 Å². The molecular weight excluding hydrogens is 424 g/mol. The fourth-order valence-corrected chi connectivity index (χ4v) is 5.01. The maximum Gasteiger partial charge on any atom is 0.272 e. The predicted molar refractivity (Wildman–Crippen MR) is 126 cm³/mol. The number of carbonyl (C=O) groups excluding carboxylic acids is 1. The summed E-state index contributed by atoms with van der Waals surface area (Å²) in [5.41, 5.74) is 7.53. The van der Waals surface area contributed by atoms with Crippen LogP contribution in [0.4, 0.5) is 0 Å². The van der Waals surface area contributed by atoms with Gasteiger partial charge in [0, 0.05) is 24.3 Å². The molecule has 0 saturated carbocycles. The molecule has 1 amide bonds. The van der Waals surface area contributed by atoms with Gasteiger partial charge >= 0.3 is 0 Å². The number of rotatable bonds is 4. The van der Waals surface area contributed by atoms with Crippen LogP contribution in [0.5, 0.6) is 0 Å². The topological polar surface area (TPSA) is 71.7 Å². The average Bonchev–Trinajstić information content (AvgIpc) is 3.48. The van der Waals surface area contributed by atoms with Crippen LogP contribution in [0.15, 0.2) is 71.4 Å². The first-order valence-electron chi connectivity index (χ1n) is 11.2. The summed E-state index contributed by atoms with van der Waals surface area (Å²) in [5.74, 6) is 0.520. The number of hydrogen-bond acceptors (Lipinski definition) is 6. The highest BCUT2D eigenvalue weighted by Crippen LogP contribution is 2.36. The highest BCUT2D eigenvalue weighted by Gasteiger charge is 2.37. The van der Waals surface area contributed by atoms with Crippen molar-refractivity contribution in [3.8, 4) is 0 Å². The molecule has 0 bridgehead atoms. The molecule has 1 aromatic rings. The van der Waals surface area contributed by atoms with E-state index >= 15 is 0 Å². The molecule has 1 saturated heterocycles. The number of allylic oxidation sites excluding steroid dienone is 2. The number of dihydropyridines is 1. The van der Waals surface area contributed by atoms with E-state index < -0.39 is 0 Å². The summed E-state index contributed by atoms with van der Waals surface area (Å²) in [5, 5.41) is 12.5. The molecule has 1 aromatic carbocycles. The van der Waals surface area contributed by atoms with Crippen LogP contribution >= 0.6 is 11.6 Å². The lowest BCUT2D eigenvalue weighted by Gasteiger charge is -2.40. The number of hydrogen-bond donors (Lipinski definition) is 4. The zero-order chi connectivity index (χ0) is 22.2. The normalized spacial score (nSPS) is 27.5. The van der Waals surface area contributed by atoms with Crippen LogP contribution in [0.25, 0.3) is 0 Å². The van der Waals surface area contributed by atoms with Gasteiger partial charge in [-0.15, -0.1) is 0 Å². The van der Waals surface area contributed by atoms with Gasteiger partial charge in [0.1, 0.15) is 17.7 Å². The second-order valence-corrected chi connectivity index (χ2v) is 9.08. The largest absolute Gasteiger partial charge is 0.364 e. The van der Waals surface area contributed by atoms with Crippen molar-refractivity contribution in [3.63, 3.8) is 0 Å². The van der Waals surface area contributed by atoms with Crippen LogP contribution in [0.3, 0.4) is 0 Å². The van der Waals surface area contributed by atoms with Crippen molar-refractivity contribution >= 4 is 17.5 Å². The van der Waals surface area contributed by atoms with Gasteiger partial charge in [0.05, 0.1) is 12.2 Å². The van der Waals surface area contributed by atoms with Crippen LogP contribution in [0, 0.1) is 0 Å². The number of benzene rings is 1. The third-order valence-electron chi connectivity index (χ3n) is 6.73. The van der Waals surface area contributed by atoms with E-state index in [4.69, 9.17) is 11.6 Å². The molecule has 3 unspecified atom stereocenters. The van der Waals surface area contributed by atoms with E-state index in [1.54, 1.807) is 0 Å². The Kier molecular flexibility index (Phi) is 5.71. The van der Waals surface area contributed by atoms with Crippen molar-refractivity contribution in [3.05, 3.63) is 81.9 Å². The molecule has 0 spiro atoms. The lowest BCUT2D eigenvalue weighted by atomic mass is 9.93. The minimum atomic E-state index is -0.160. The first-order valence-corrected chi connectivity index (χ1v) is 11.5. The molecule has 168 valence electrons. The molecule has 4 heterocycles. The fraction of sp³-hybridized carbons (Fsp3) is 0.375. The molecular formula is C24H29ClN6O. The zero-order valence-electron chi connectivity index (χ0n) is 18.4. The van der Waals surface area contributed by atoms with Crippen LogP contribution in [-0.4, -0.2) is 41.2 Å². The second-order valence-electron chi connectivity index (χ2n) is 8.67. The van der Waals surface area contributed by atoms with E-state index in [1.807, 2.05) is 47.6 Å². The van der Waals surface area contributed by atoms with E-state index in [0.29, 0.717) is 16.5 Å². The zero-order valence-corrected chi connectivity index (χ0v) is 19.1. The number of likely N-dealkylation sites (tertiary alicyclic amines) is 1. The molecule has 0 aromatic heterocycles. The first-order chi connectivity index (χ1) is 15.5. The van der Waals surface area contributed by atoms with Gasteiger partial charge in [0.2, 0.25) is 0 Å². The highest BCUT2D eigenvalue weighted by molar-refractivity contribution is 6.31. The van der Waals surface area contributed by atoms with Crippen molar-refractivity contribution in [1.29, 1.82) is 0 Å². The van der Waals surface area contributed by atoms with E-state index in [1.165, 1.54) is 24.0 Å². The second kappa shape index (κ2) is 8.65. The highest BCUT2D eigenvalue weighted by atomic mass is 35.5. The van der Waals surface area contributed by atoms with Crippen LogP contribution in [0.1, 0.15) is 38.3 Å². The third-order valence-corrected chi connectivity index (χ3v) is 7.07. The lowest BCUT2D eigenvalue weighted by Crippen LogP contribution is -2.55. The lowest BCUT2D eigenvalue weighted by molar-refractivity contribution is -0.118. The summed E-state index contributed by atoms with van der Waals surface area (Å²) in [4.78, 5) is 15.5. The quantitative estimate of drug-likeness (QED) is 0.527. The van der Waals surface area contributed by atoms with Gasteiger partial charge in [-0.1, -0.05) is 35.9 Å². The Balaban J connectivity index is 1.31. The molecule has 4 N–H and O–H groups in total. The smallest absolute Gasteiger partial charge is 0.272 e. The summed E-state index contributed by atoms with van der Waals surface area (Å²) >= 11 is 6.50. The number of amides is 1. The average molecular weight is 453 g/mol. The van der Waals surface area contributed by atoms with Crippen molar-refractivity contribution in [1.82, 2.24) is 31.3 Å². The van der Waals surface area contributed by atoms with Crippen LogP contribution < -0.4 is 21.4 Å². The van der Waals surface area contributed by atoms with Crippen molar-refractivity contribution < 1.29 is 4.79 Å². The molecule has 1 fully saturated rings. The van der Waals surface area contributed by atoms with Crippen LogP contribution in [-0.2, 0) is 4.79 Å². The molecule has 0 radical (unpaired) electrons. The van der Waals surface area contributed by atoms with Gasteiger partial charge in [-0.2, -0.15) is 0 Å². The van der Waals surface area contributed by atoms with Gasteiger partial charge < -0.3 is 16.0 Å². The summed E-state index contributed by atoms with van der Waals surface area (Å²) in [6, 6.07) is 7.78.